The first kappa shape index (κ1) is 23.4. The highest BCUT2D eigenvalue weighted by molar-refractivity contribution is 7.99. The number of aryl methyl sites for hydroxylation is 2. The van der Waals surface area contributed by atoms with Crippen LogP contribution in [0.15, 0.2) is 47.6 Å². The standard InChI is InChI=1S/C23H23FN6O3S/c1-13-7-14(2)9-16(8-13)25-21(32)12-34-23-29-28-19(10-17-11-20(31)27-22(33)26-17)30(23)18-5-3-15(24)4-6-18/h3-9,17H,10-12H2,1-2H3,(H,25,32)(H2,26,27,31,33). The highest BCUT2D eigenvalue weighted by Crippen LogP contribution is 2.24. The number of benzene rings is 2. The van der Waals surface area contributed by atoms with E-state index in [-0.39, 0.29) is 30.4 Å². The summed E-state index contributed by atoms with van der Waals surface area (Å²) in [5.41, 5.74) is 3.42. The van der Waals surface area contributed by atoms with Crippen molar-refractivity contribution in [1.29, 1.82) is 0 Å². The summed E-state index contributed by atoms with van der Waals surface area (Å²) >= 11 is 1.18. The van der Waals surface area contributed by atoms with Crippen LogP contribution in [-0.4, -0.2) is 44.4 Å². The first-order chi connectivity index (χ1) is 16.3. The number of thioether (sulfide) groups is 1. The molecule has 1 aliphatic rings. The van der Waals surface area contributed by atoms with Gasteiger partial charge in [-0.1, -0.05) is 17.8 Å². The number of aromatic nitrogens is 3. The Balaban J connectivity index is 1.53. The topological polar surface area (TPSA) is 118 Å². The normalized spacial score (nSPS) is 15.6. The van der Waals surface area contributed by atoms with Gasteiger partial charge in [-0.2, -0.15) is 0 Å². The number of urea groups is 1. The first-order valence-electron chi connectivity index (χ1n) is 10.6. The van der Waals surface area contributed by atoms with Crippen LogP contribution in [0.4, 0.5) is 14.9 Å². The van der Waals surface area contributed by atoms with Crippen molar-refractivity contribution in [3.63, 3.8) is 0 Å². The monoisotopic (exact) mass is 482 g/mol. The number of hydrogen-bond acceptors (Lipinski definition) is 6. The summed E-state index contributed by atoms with van der Waals surface area (Å²) in [4.78, 5) is 36.0. The van der Waals surface area contributed by atoms with Gasteiger partial charge in [-0.3, -0.25) is 19.5 Å². The maximum Gasteiger partial charge on any atom is 0.321 e. The van der Waals surface area contributed by atoms with E-state index in [9.17, 15) is 18.8 Å². The zero-order valence-electron chi connectivity index (χ0n) is 18.6. The summed E-state index contributed by atoms with van der Waals surface area (Å²) in [6.45, 7) is 3.92. The lowest BCUT2D eigenvalue weighted by Crippen LogP contribution is -2.53. The largest absolute Gasteiger partial charge is 0.334 e. The van der Waals surface area contributed by atoms with E-state index in [0.717, 1.165) is 16.8 Å². The average Bonchev–Trinajstić information content (AvgIpc) is 3.13. The zero-order chi connectivity index (χ0) is 24.2. The van der Waals surface area contributed by atoms with Crippen molar-refractivity contribution in [1.82, 2.24) is 25.4 Å². The number of nitrogens with one attached hydrogen (secondary N) is 3. The quantitative estimate of drug-likeness (QED) is 0.446. The molecule has 176 valence electrons. The number of nitrogens with zero attached hydrogens (tertiary/aromatic N) is 3. The van der Waals surface area contributed by atoms with Gasteiger partial charge >= 0.3 is 6.03 Å². The van der Waals surface area contributed by atoms with E-state index in [1.165, 1.54) is 23.9 Å². The molecule has 3 aromatic rings. The maximum absolute atomic E-state index is 13.5. The molecule has 1 aromatic heterocycles. The Morgan fingerprint density at radius 1 is 1.15 bits per heavy atom. The van der Waals surface area contributed by atoms with Crippen LogP contribution in [0, 0.1) is 19.7 Å². The number of anilines is 1. The van der Waals surface area contributed by atoms with Crippen molar-refractivity contribution >= 4 is 35.3 Å². The second-order valence-corrected chi connectivity index (χ2v) is 8.99. The van der Waals surface area contributed by atoms with E-state index in [2.05, 4.69) is 26.1 Å². The number of carbonyl (C=O) groups excluding carboxylic acids is 3. The lowest BCUT2D eigenvalue weighted by atomic mass is 10.1. The third kappa shape index (κ3) is 5.79. The molecule has 34 heavy (non-hydrogen) atoms. The molecule has 0 spiro atoms. The van der Waals surface area contributed by atoms with E-state index in [1.54, 1.807) is 16.7 Å². The molecular weight excluding hydrogens is 459 g/mol. The van der Waals surface area contributed by atoms with Gasteiger partial charge in [0.25, 0.3) is 0 Å². The van der Waals surface area contributed by atoms with Crippen molar-refractivity contribution in [2.75, 3.05) is 11.1 Å². The smallest absolute Gasteiger partial charge is 0.321 e. The zero-order valence-corrected chi connectivity index (χ0v) is 19.4. The van der Waals surface area contributed by atoms with Crippen molar-refractivity contribution in [3.8, 4) is 5.69 Å². The lowest BCUT2D eigenvalue weighted by molar-refractivity contribution is -0.121. The molecule has 1 saturated heterocycles. The molecule has 0 radical (unpaired) electrons. The third-order valence-corrected chi connectivity index (χ3v) is 6.00. The van der Waals surface area contributed by atoms with Crippen LogP contribution < -0.4 is 16.0 Å². The van der Waals surface area contributed by atoms with Crippen molar-refractivity contribution in [2.45, 2.75) is 37.9 Å². The lowest BCUT2D eigenvalue weighted by Gasteiger charge is -2.23. The van der Waals surface area contributed by atoms with Gasteiger partial charge in [0.05, 0.1) is 5.75 Å². The van der Waals surface area contributed by atoms with Gasteiger partial charge in [0.2, 0.25) is 11.8 Å². The van der Waals surface area contributed by atoms with Gasteiger partial charge in [-0.25, -0.2) is 9.18 Å². The summed E-state index contributed by atoms with van der Waals surface area (Å²) < 4.78 is 15.2. The molecule has 2 heterocycles. The second-order valence-electron chi connectivity index (χ2n) is 8.05. The summed E-state index contributed by atoms with van der Waals surface area (Å²) in [6.07, 6.45) is 0.335. The molecule has 9 nitrogen and oxygen atoms in total. The molecule has 0 saturated carbocycles. The summed E-state index contributed by atoms with van der Waals surface area (Å²) in [7, 11) is 0. The van der Waals surface area contributed by atoms with Gasteiger partial charge in [-0.15, -0.1) is 10.2 Å². The van der Waals surface area contributed by atoms with Crippen LogP contribution in [-0.2, 0) is 16.0 Å². The van der Waals surface area contributed by atoms with Gasteiger partial charge < -0.3 is 10.6 Å². The number of rotatable bonds is 7. The van der Waals surface area contributed by atoms with Crippen LogP contribution in [0.25, 0.3) is 5.69 Å². The van der Waals surface area contributed by atoms with Crippen LogP contribution in [0.3, 0.4) is 0 Å². The van der Waals surface area contributed by atoms with Crippen LogP contribution in [0.2, 0.25) is 0 Å². The van der Waals surface area contributed by atoms with Gasteiger partial charge in [0, 0.05) is 30.3 Å². The number of carbonyl (C=O) groups is 3. The molecule has 1 atom stereocenters. The van der Waals surface area contributed by atoms with E-state index >= 15 is 0 Å². The molecule has 0 aliphatic carbocycles. The predicted molar refractivity (Wildman–Crippen MR) is 125 cm³/mol. The van der Waals surface area contributed by atoms with Crippen molar-refractivity contribution in [2.24, 2.45) is 0 Å². The van der Waals surface area contributed by atoms with Crippen LogP contribution in [0.1, 0.15) is 23.4 Å². The predicted octanol–water partition coefficient (Wildman–Crippen LogP) is 2.89. The van der Waals surface area contributed by atoms with E-state index < -0.39 is 17.9 Å². The molecule has 2 aromatic carbocycles. The van der Waals surface area contributed by atoms with Gasteiger partial charge in [0.1, 0.15) is 11.6 Å². The maximum atomic E-state index is 13.5. The molecule has 1 aliphatic heterocycles. The highest BCUT2D eigenvalue weighted by atomic mass is 32.2. The van der Waals surface area contributed by atoms with Crippen molar-refractivity contribution < 1.29 is 18.8 Å². The summed E-state index contributed by atoms with van der Waals surface area (Å²) in [5.74, 6) is -0.421. The molecule has 4 rings (SSSR count). The third-order valence-electron chi connectivity index (χ3n) is 5.07. The van der Waals surface area contributed by atoms with Gasteiger partial charge in [0.15, 0.2) is 5.16 Å². The fourth-order valence-corrected chi connectivity index (χ4v) is 4.54. The Labute approximate surface area is 199 Å². The van der Waals surface area contributed by atoms with Crippen molar-refractivity contribution in [3.05, 3.63) is 65.2 Å². The van der Waals surface area contributed by atoms with E-state index in [0.29, 0.717) is 16.7 Å². The Hall–Kier alpha value is -3.73. The number of imide groups is 1. The molecule has 11 heteroatoms. The summed E-state index contributed by atoms with van der Waals surface area (Å²) in [5, 5.41) is 16.6. The molecule has 1 fully saturated rings. The number of halogens is 1. The average molecular weight is 483 g/mol. The molecule has 4 amide bonds. The molecular formula is C23H23FN6O3S. The fraction of sp³-hybridized carbons (Fsp3) is 0.261. The van der Waals surface area contributed by atoms with Crippen LogP contribution in [0.5, 0.6) is 0 Å². The Kier molecular flexibility index (Phi) is 6.92. The Morgan fingerprint density at radius 2 is 1.85 bits per heavy atom. The Bertz CT molecular complexity index is 1210. The SMILES string of the molecule is Cc1cc(C)cc(NC(=O)CSc2nnc(CC3CC(=O)NC(=O)N3)n2-c2ccc(F)cc2)c1. The van der Waals surface area contributed by atoms with Gasteiger partial charge in [-0.05, 0) is 61.4 Å². The van der Waals surface area contributed by atoms with E-state index in [1.807, 2.05) is 32.0 Å². The highest BCUT2D eigenvalue weighted by Gasteiger charge is 2.27. The first-order valence-corrected chi connectivity index (χ1v) is 11.6. The second kappa shape index (κ2) is 10.0. The summed E-state index contributed by atoms with van der Waals surface area (Å²) in [6, 6.07) is 10.6. The molecule has 1 unspecified atom stereocenters. The number of amides is 4. The minimum absolute atomic E-state index is 0.0783. The molecule has 0 bridgehead atoms. The fourth-order valence-electron chi connectivity index (χ4n) is 3.77. The Morgan fingerprint density at radius 3 is 2.53 bits per heavy atom. The van der Waals surface area contributed by atoms with Crippen LogP contribution >= 0.6 is 11.8 Å². The minimum Gasteiger partial charge on any atom is -0.334 e. The minimum atomic E-state index is -0.563. The molecule has 3 N–H and O–H groups in total. The van der Waals surface area contributed by atoms with E-state index in [4.69, 9.17) is 0 Å². The number of hydrogen-bond donors (Lipinski definition) is 3.